The molecule has 28 heavy (non-hydrogen) atoms. The highest BCUT2D eigenvalue weighted by Gasteiger charge is 2.21. The van der Waals surface area contributed by atoms with E-state index in [1.54, 1.807) is 17.6 Å². The third-order valence-electron chi connectivity index (χ3n) is 4.79. The van der Waals surface area contributed by atoms with Gasteiger partial charge in [0.2, 0.25) is 10.0 Å². The van der Waals surface area contributed by atoms with Crippen molar-refractivity contribution in [1.29, 1.82) is 0 Å². The van der Waals surface area contributed by atoms with Crippen molar-refractivity contribution in [2.45, 2.75) is 10.6 Å². The summed E-state index contributed by atoms with van der Waals surface area (Å²) in [6, 6.07) is 11.5. The van der Waals surface area contributed by atoms with E-state index in [-0.39, 0.29) is 4.21 Å². The summed E-state index contributed by atoms with van der Waals surface area (Å²) in [4.78, 5) is 4.72. The van der Waals surface area contributed by atoms with Gasteiger partial charge in [-0.25, -0.2) is 13.1 Å². The average molecular weight is 457 g/mol. The van der Waals surface area contributed by atoms with Crippen LogP contribution < -0.4 is 9.62 Å². The molecule has 0 bridgehead atoms. The van der Waals surface area contributed by atoms with E-state index in [0.717, 1.165) is 56.3 Å². The monoisotopic (exact) mass is 456 g/mol. The summed E-state index contributed by atoms with van der Waals surface area (Å²) in [7, 11) is -3.45. The van der Waals surface area contributed by atoms with E-state index in [2.05, 4.69) is 37.1 Å². The van der Waals surface area contributed by atoms with Gasteiger partial charge in [-0.1, -0.05) is 23.7 Å². The van der Waals surface area contributed by atoms with Crippen LogP contribution in [0.1, 0.15) is 6.42 Å². The topological polar surface area (TPSA) is 65.5 Å². The predicted molar refractivity (Wildman–Crippen MR) is 117 cm³/mol. The molecule has 1 fully saturated rings. The van der Waals surface area contributed by atoms with Crippen molar-refractivity contribution in [3.63, 3.8) is 0 Å². The van der Waals surface area contributed by atoms with Gasteiger partial charge in [-0.2, -0.15) is 4.37 Å². The minimum atomic E-state index is -3.45. The quantitative estimate of drug-likeness (QED) is 0.551. The zero-order valence-electron chi connectivity index (χ0n) is 15.2. The lowest BCUT2D eigenvalue weighted by Gasteiger charge is -2.35. The normalized spacial score (nSPS) is 16.1. The molecule has 0 saturated carbocycles. The number of fused-ring (bicyclic) bond motifs is 1. The number of hydrogen-bond acceptors (Lipinski definition) is 7. The van der Waals surface area contributed by atoms with Crippen molar-refractivity contribution < 1.29 is 8.42 Å². The Bertz CT molecular complexity index is 1040. The van der Waals surface area contributed by atoms with Crippen LogP contribution in [0.25, 0.3) is 10.1 Å². The standard InChI is InChI=1S/C18H21ClN4O2S3/c19-16-6-7-17(26-16)28(24,25)20-8-3-9-22-10-12-23(13-11-22)18-14-4-1-2-5-15(14)27-21-18/h1-2,4-7,20H,3,8-13H2. The number of benzene rings is 1. The van der Waals surface area contributed by atoms with Gasteiger partial charge in [0.15, 0.2) is 0 Å². The highest BCUT2D eigenvalue weighted by molar-refractivity contribution is 7.91. The number of hydrogen-bond donors (Lipinski definition) is 1. The van der Waals surface area contributed by atoms with Crippen LogP contribution in [0.2, 0.25) is 4.34 Å². The number of nitrogens with one attached hydrogen (secondary N) is 1. The zero-order valence-corrected chi connectivity index (χ0v) is 18.4. The lowest BCUT2D eigenvalue weighted by molar-refractivity contribution is 0.255. The van der Waals surface area contributed by atoms with Crippen LogP contribution in [0.3, 0.4) is 0 Å². The molecule has 1 saturated heterocycles. The minimum Gasteiger partial charge on any atom is -0.353 e. The Morgan fingerprint density at radius 1 is 1.11 bits per heavy atom. The van der Waals surface area contributed by atoms with Crippen LogP contribution in [-0.2, 0) is 10.0 Å². The molecule has 10 heteroatoms. The Hall–Kier alpha value is -1.23. The van der Waals surface area contributed by atoms with E-state index < -0.39 is 10.0 Å². The second-order valence-electron chi connectivity index (χ2n) is 6.64. The molecule has 0 aliphatic carbocycles. The number of rotatable bonds is 7. The molecular weight excluding hydrogens is 436 g/mol. The van der Waals surface area contributed by atoms with E-state index >= 15 is 0 Å². The Morgan fingerprint density at radius 2 is 1.89 bits per heavy atom. The number of piperazine rings is 1. The highest BCUT2D eigenvalue weighted by atomic mass is 35.5. The molecule has 0 radical (unpaired) electrons. The third kappa shape index (κ3) is 4.50. The van der Waals surface area contributed by atoms with E-state index in [1.807, 2.05) is 6.07 Å². The maximum Gasteiger partial charge on any atom is 0.250 e. The van der Waals surface area contributed by atoms with Gasteiger partial charge in [-0.3, -0.25) is 4.90 Å². The molecule has 1 N–H and O–H groups in total. The summed E-state index contributed by atoms with van der Waals surface area (Å²) in [6.07, 6.45) is 0.776. The molecule has 4 rings (SSSR count). The van der Waals surface area contributed by atoms with Gasteiger partial charge in [0.05, 0.1) is 9.04 Å². The summed E-state index contributed by atoms with van der Waals surface area (Å²) >= 11 is 8.45. The molecule has 1 aliphatic heterocycles. The second-order valence-corrected chi connectivity index (χ2v) is 11.2. The fourth-order valence-corrected chi connectivity index (χ4v) is 6.70. The average Bonchev–Trinajstić information content (AvgIpc) is 3.33. The van der Waals surface area contributed by atoms with Gasteiger partial charge < -0.3 is 4.90 Å². The van der Waals surface area contributed by atoms with E-state index in [4.69, 9.17) is 11.6 Å². The van der Waals surface area contributed by atoms with Crippen molar-refractivity contribution in [1.82, 2.24) is 14.0 Å². The smallest absolute Gasteiger partial charge is 0.250 e. The van der Waals surface area contributed by atoms with Gasteiger partial charge in [0.25, 0.3) is 0 Å². The number of anilines is 1. The van der Waals surface area contributed by atoms with E-state index in [0.29, 0.717) is 10.9 Å². The first-order valence-electron chi connectivity index (χ1n) is 9.10. The molecule has 3 aromatic rings. The van der Waals surface area contributed by atoms with Crippen LogP contribution in [0.4, 0.5) is 5.82 Å². The van der Waals surface area contributed by atoms with Crippen LogP contribution in [0.5, 0.6) is 0 Å². The Kier molecular flexibility index (Phi) is 6.19. The molecule has 150 valence electrons. The van der Waals surface area contributed by atoms with Gasteiger partial charge in [0, 0.05) is 38.1 Å². The number of aromatic nitrogens is 1. The van der Waals surface area contributed by atoms with Crippen LogP contribution >= 0.6 is 34.5 Å². The molecule has 1 aliphatic rings. The molecule has 0 unspecified atom stereocenters. The third-order valence-corrected chi connectivity index (χ3v) is 8.79. The van der Waals surface area contributed by atoms with Crippen LogP contribution in [0, 0.1) is 0 Å². The molecule has 0 amide bonds. The van der Waals surface area contributed by atoms with Crippen molar-refractivity contribution in [3.8, 4) is 0 Å². The Balaban J connectivity index is 1.23. The van der Waals surface area contributed by atoms with Crippen molar-refractivity contribution >= 4 is 60.4 Å². The first-order chi connectivity index (χ1) is 13.5. The van der Waals surface area contributed by atoms with E-state index in [9.17, 15) is 8.42 Å². The van der Waals surface area contributed by atoms with Gasteiger partial charge in [-0.05, 0) is 48.8 Å². The molecule has 2 aromatic heterocycles. The predicted octanol–water partition coefficient (Wildman–Crippen LogP) is 3.50. The number of sulfonamides is 1. The van der Waals surface area contributed by atoms with Gasteiger partial charge in [-0.15, -0.1) is 11.3 Å². The van der Waals surface area contributed by atoms with Gasteiger partial charge in [0.1, 0.15) is 10.0 Å². The van der Waals surface area contributed by atoms with E-state index in [1.165, 1.54) is 16.2 Å². The molecule has 0 spiro atoms. The van der Waals surface area contributed by atoms with Crippen LogP contribution in [-0.4, -0.2) is 57.0 Å². The fraction of sp³-hybridized carbons (Fsp3) is 0.389. The number of nitrogens with zero attached hydrogens (tertiary/aromatic N) is 3. The van der Waals surface area contributed by atoms with Gasteiger partial charge >= 0.3 is 0 Å². The summed E-state index contributed by atoms with van der Waals surface area (Å²) in [5.74, 6) is 1.09. The first-order valence-corrected chi connectivity index (χ1v) is 12.5. The number of halogens is 1. The Labute approximate surface area is 177 Å². The summed E-state index contributed by atoms with van der Waals surface area (Å²) in [5, 5.41) is 1.23. The molecule has 3 heterocycles. The van der Waals surface area contributed by atoms with Crippen molar-refractivity contribution in [2.24, 2.45) is 0 Å². The maximum absolute atomic E-state index is 12.2. The second kappa shape index (κ2) is 8.64. The minimum absolute atomic E-state index is 0.265. The lowest BCUT2D eigenvalue weighted by Crippen LogP contribution is -2.47. The molecule has 0 atom stereocenters. The summed E-state index contributed by atoms with van der Waals surface area (Å²) < 4.78 is 33.6. The largest absolute Gasteiger partial charge is 0.353 e. The highest BCUT2D eigenvalue weighted by Crippen LogP contribution is 2.30. The molecular formula is C18H21ClN4O2S3. The fourth-order valence-electron chi connectivity index (χ4n) is 3.31. The summed E-state index contributed by atoms with van der Waals surface area (Å²) in [5.41, 5.74) is 0. The lowest BCUT2D eigenvalue weighted by atomic mass is 10.2. The molecule has 1 aromatic carbocycles. The summed E-state index contributed by atoms with van der Waals surface area (Å²) in [6.45, 7) is 5.09. The molecule has 6 nitrogen and oxygen atoms in total. The zero-order chi connectivity index (χ0) is 19.6. The first kappa shape index (κ1) is 20.1. The van der Waals surface area contributed by atoms with Crippen LogP contribution in [0.15, 0.2) is 40.6 Å². The SMILES string of the molecule is O=S(=O)(NCCCN1CCN(c2nsc3ccccc23)CC1)c1ccc(Cl)s1. The Morgan fingerprint density at radius 3 is 2.64 bits per heavy atom. The van der Waals surface area contributed by atoms with Crippen molar-refractivity contribution in [2.75, 3.05) is 44.2 Å². The van der Waals surface area contributed by atoms with Crippen molar-refractivity contribution in [3.05, 3.63) is 40.7 Å². The maximum atomic E-state index is 12.2. The number of thiophene rings is 1.